The molecule has 0 atom stereocenters. The van der Waals surface area contributed by atoms with Crippen molar-refractivity contribution in [3.63, 3.8) is 0 Å². The minimum absolute atomic E-state index is 0.0162. The van der Waals surface area contributed by atoms with E-state index in [1.165, 1.54) is 0 Å². The molecule has 0 radical (unpaired) electrons. The Morgan fingerprint density at radius 2 is 2.00 bits per heavy atom. The molecule has 0 aliphatic rings. The van der Waals surface area contributed by atoms with Crippen molar-refractivity contribution >= 4 is 21.6 Å². The molecule has 1 aromatic carbocycles. The van der Waals surface area contributed by atoms with Gasteiger partial charge < -0.3 is 5.21 Å². The summed E-state index contributed by atoms with van der Waals surface area (Å²) in [6.45, 7) is 0. The van der Waals surface area contributed by atoms with Crippen LogP contribution in [0, 0.1) is 11.3 Å². The van der Waals surface area contributed by atoms with Gasteiger partial charge >= 0.3 is 0 Å². The fourth-order valence-electron chi connectivity index (χ4n) is 0.752. The zero-order chi connectivity index (χ0) is 8.97. The maximum Gasteiger partial charge on any atom is 0.186 e. The molecule has 1 rings (SSSR count). The molecule has 0 unspecified atom stereocenters. The summed E-state index contributed by atoms with van der Waals surface area (Å²) in [5.74, 6) is 0. The number of halogens is 1. The van der Waals surface area contributed by atoms with Crippen LogP contribution >= 0.6 is 15.9 Å². The molecule has 0 aliphatic heterocycles. The third-order valence-electron chi connectivity index (χ3n) is 1.32. The molecule has 12 heavy (non-hydrogen) atoms. The van der Waals surface area contributed by atoms with Crippen molar-refractivity contribution in [1.29, 1.82) is 5.26 Å². The lowest BCUT2D eigenvalue weighted by molar-refractivity contribution is 0.320. The van der Waals surface area contributed by atoms with Crippen LogP contribution in [0.4, 0.5) is 0 Å². The quantitative estimate of drug-likeness (QED) is 0.452. The zero-order valence-electron chi connectivity index (χ0n) is 6.03. The molecule has 0 heterocycles. The van der Waals surface area contributed by atoms with E-state index in [9.17, 15) is 0 Å². The van der Waals surface area contributed by atoms with E-state index in [4.69, 9.17) is 10.5 Å². The summed E-state index contributed by atoms with van der Waals surface area (Å²) in [5, 5.41) is 19.7. The summed E-state index contributed by atoms with van der Waals surface area (Å²) in [6.07, 6.45) is 0. The summed E-state index contributed by atoms with van der Waals surface area (Å²) in [5.41, 5.74) is 0.616. The topological polar surface area (TPSA) is 56.4 Å². The number of benzene rings is 1. The molecule has 3 nitrogen and oxygen atoms in total. The highest BCUT2D eigenvalue weighted by Gasteiger charge is 2.00. The van der Waals surface area contributed by atoms with E-state index in [-0.39, 0.29) is 5.71 Å². The molecule has 0 aromatic heterocycles. The Labute approximate surface area is 78.1 Å². The first-order valence-corrected chi connectivity index (χ1v) is 3.95. The Morgan fingerprint density at radius 3 is 2.42 bits per heavy atom. The second-order valence-corrected chi connectivity index (χ2v) is 2.98. The molecule has 60 valence electrons. The van der Waals surface area contributed by atoms with E-state index in [1.54, 1.807) is 30.3 Å². The molecular formula is C8H5BrN2O. The Morgan fingerprint density at radius 1 is 1.42 bits per heavy atom. The van der Waals surface area contributed by atoms with Crippen molar-refractivity contribution in [3.05, 3.63) is 34.3 Å². The third-order valence-corrected chi connectivity index (χ3v) is 1.85. The first kappa shape index (κ1) is 8.75. The van der Waals surface area contributed by atoms with Gasteiger partial charge in [-0.05, 0) is 12.1 Å². The first-order valence-electron chi connectivity index (χ1n) is 3.16. The Kier molecular flexibility index (Phi) is 2.83. The average Bonchev–Trinajstić information content (AvgIpc) is 2.10. The van der Waals surface area contributed by atoms with Crippen LogP contribution in [0.1, 0.15) is 5.56 Å². The molecule has 4 heteroatoms. The lowest BCUT2D eigenvalue weighted by atomic mass is 10.1. The minimum atomic E-state index is 0.0162. The standard InChI is InChI=1S/C8H5BrN2O/c9-7-3-1-6(2-4-7)8(5-10)11-12/h1-4,12H/b11-8+. The fraction of sp³-hybridized carbons (Fsp3) is 0. The second-order valence-electron chi connectivity index (χ2n) is 2.07. The summed E-state index contributed by atoms with van der Waals surface area (Å²) < 4.78 is 0.918. The molecule has 0 aliphatic carbocycles. The van der Waals surface area contributed by atoms with Gasteiger partial charge in [-0.1, -0.05) is 33.2 Å². The van der Waals surface area contributed by atoms with Crippen LogP contribution in [-0.2, 0) is 0 Å². The highest BCUT2D eigenvalue weighted by atomic mass is 79.9. The van der Waals surface area contributed by atoms with Crippen LogP contribution in [0.3, 0.4) is 0 Å². The number of hydrogen-bond acceptors (Lipinski definition) is 3. The Balaban J connectivity index is 3.06. The van der Waals surface area contributed by atoms with E-state index in [1.807, 2.05) is 0 Å². The SMILES string of the molecule is N#C/C(=N\O)c1ccc(Br)cc1. The van der Waals surface area contributed by atoms with Crippen LogP contribution < -0.4 is 0 Å². The van der Waals surface area contributed by atoms with E-state index in [0.717, 1.165) is 4.47 Å². The maximum atomic E-state index is 8.50. The third kappa shape index (κ3) is 1.83. The molecule has 0 fully saturated rings. The van der Waals surface area contributed by atoms with E-state index >= 15 is 0 Å². The summed E-state index contributed by atoms with van der Waals surface area (Å²) >= 11 is 3.25. The van der Waals surface area contributed by atoms with Gasteiger partial charge in [-0.2, -0.15) is 5.26 Å². The van der Waals surface area contributed by atoms with Crippen LogP contribution in [0.5, 0.6) is 0 Å². The molecular weight excluding hydrogens is 220 g/mol. The van der Waals surface area contributed by atoms with Gasteiger partial charge in [-0.15, -0.1) is 0 Å². The molecule has 0 saturated heterocycles. The minimum Gasteiger partial charge on any atom is -0.410 e. The number of oxime groups is 1. The molecule has 1 N–H and O–H groups in total. The fourth-order valence-corrected chi connectivity index (χ4v) is 1.02. The van der Waals surface area contributed by atoms with Crippen LogP contribution in [0.25, 0.3) is 0 Å². The summed E-state index contributed by atoms with van der Waals surface area (Å²) in [7, 11) is 0. The van der Waals surface area contributed by atoms with E-state index in [0.29, 0.717) is 5.56 Å². The van der Waals surface area contributed by atoms with Crippen molar-refractivity contribution in [2.24, 2.45) is 5.16 Å². The predicted octanol–water partition coefficient (Wildman–Crippen LogP) is 2.15. The summed E-state index contributed by atoms with van der Waals surface area (Å²) in [6, 6.07) is 8.72. The number of nitriles is 1. The molecule has 0 spiro atoms. The van der Waals surface area contributed by atoms with Crippen LogP contribution in [0.15, 0.2) is 33.9 Å². The van der Waals surface area contributed by atoms with Gasteiger partial charge in [0.05, 0.1) is 0 Å². The van der Waals surface area contributed by atoms with E-state index < -0.39 is 0 Å². The maximum absolute atomic E-state index is 8.50. The smallest absolute Gasteiger partial charge is 0.186 e. The van der Waals surface area contributed by atoms with Crippen molar-refractivity contribution in [1.82, 2.24) is 0 Å². The van der Waals surface area contributed by atoms with Crippen molar-refractivity contribution in [3.8, 4) is 6.07 Å². The normalized spacial score (nSPS) is 10.8. The van der Waals surface area contributed by atoms with Crippen molar-refractivity contribution in [2.75, 3.05) is 0 Å². The second kappa shape index (κ2) is 3.88. The molecule has 0 bridgehead atoms. The number of nitrogens with zero attached hydrogens (tertiary/aromatic N) is 2. The molecule has 1 aromatic rings. The van der Waals surface area contributed by atoms with Crippen LogP contribution in [-0.4, -0.2) is 10.9 Å². The van der Waals surface area contributed by atoms with Gasteiger partial charge in [0.25, 0.3) is 0 Å². The predicted molar refractivity (Wildman–Crippen MR) is 48.1 cm³/mol. The number of rotatable bonds is 1. The van der Waals surface area contributed by atoms with E-state index in [2.05, 4.69) is 21.1 Å². The highest BCUT2D eigenvalue weighted by molar-refractivity contribution is 9.10. The summed E-state index contributed by atoms with van der Waals surface area (Å²) in [4.78, 5) is 0. The molecule has 0 saturated carbocycles. The van der Waals surface area contributed by atoms with Gasteiger partial charge in [0.1, 0.15) is 6.07 Å². The largest absolute Gasteiger partial charge is 0.410 e. The Hall–Kier alpha value is -1.34. The lowest BCUT2D eigenvalue weighted by Crippen LogP contribution is -1.95. The van der Waals surface area contributed by atoms with Gasteiger partial charge in [0.2, 0.25) is 0 Å². The first-order chi connectivity index (χ1) is 5.77. The zero-order valence-corrected chi connectivity index (χ0v) is 7.62. The van der Waals surface area contributed by atoms with Gasteiger partial charge in [0.15, 0.2) is 5.71 Å². The Bertz CT molecular complexity index is 337. The van der Waals surface area contributed by atoms with Gasteiger partial charge in [0, 0.05) is 10.0 Å². The monoisotopic (exact) mass is 224 g/mol. The lowest BCUT2D eigenvalue weighted by Gasteiger charge is -1.94. The van der Waals surface area contributed by atoms with Gasteiger partial charge in [-0.3, -0.25) is 0 Å². The number of hydrogen-bond donors (Lipinski definition) is 1. The van der Waals surface area contributed by atoms with Crippen molar-refractivity contribution < 1.29 is 5.21 Å². The van der Waals surface area contributed by atoms with Crippen molar-refractivity contribution in [2.45, 2.75) is 0 Å². The average molecular weight is 225 g/mol. The van der Waals surface area contributed by atoms with Crippen LogP contribution in [0.2, 0.25) is 0 Å². The van der Waals surface area contributed by atoms with Gasteiger partial charge in [-0.25, -0.2) is 0 Å². The highest BCUT2D eigenvalue weighted by Crippen LogP contribution is 2.10. The molecule has 0 amide bonds.